The number of aromatic nitrogens is 2. The van der Waals surface area contributed by atoms with Crippen molar-refractivity contribution < 1.29 is 13.9 Å². The lowest BCUT2D eigenvalue weighted by atomic mass is 10.1. The van der Waals surface area contributed by atoms with Gasteiger partial charge in [-0.05, 0) is 12.8 Å². The number of alkyl halides is 1. The number of ether oxygens (including phenoxy) is 1. The van der Waals surface area contributed by atoms with Gasteiger partial charge in [0, 0.05) is 11.9 Å². The molecule has 22 heavy (non-hydrogen) atoms. The van der Waals surface area contributed by atoms with Crippen molar-refractivity contribution in [1.29, 1.82) is 0 Å². The fourth-order valence-corrected chi connectivity index (χ4v) is 3.92. The summed E-state index contributed by atoms with van der Waals surface area (Å²) in [6.45, 7) is 1.03. The Balaban J connectivity index is 1.99. The van der Waals surface area contributed by atoms with Crippen molar-refractivity contribution >= 4 is 38.9 Å². The van der Waals surface area contributed by atoms with Crippen molar-refractivity contribution in [2.75, 3.05) is 30.8 Å². The van der Waals surface area contributed by atoms with Gasteiger partial charge < -0.3 is 15.4 Å². The lowest BCUT2D eigenvalue weighted by Crippen LogP contribution is -2.36. The number of nitrogens with two attached hydrogens (primary N) is 1. The molecule has 0 bridgehead atoms. The number of nitrogen functional groups attached to an aromatic ring is 1. The average molecular weight is 342 g/mol. The van der Waals surface area contributed by atoms with E-state index in [1.54, 1.807) is 5.38 Å². The van der Waals surface area contributed by atoms with Crippen LogP contribution in [0, 0.1) is 0 Å². The van der Waals surface area contributed by atoms with Crippen LogP contribution in [0.2, 0.25) is 0 Å². The maximum atomic E-state index is 13.6. The van der Waals surface area contributed by atoms with Gasteiger partial charge in [-0.15, -0.1) is 11.3 Å². The largest absolute Gasteiger partial charge is 0.465 e. The number of thiazole rings is 2. The molecule has 6 nitrogen and oxygen atoms in total. The van der Waals surface area contributed by atoms with Crippen LogP contribution in [0.5, 0.6) is 0 Å². The summed E-state index contributed by atoms with van der Waals surface area (Å²) in [5.74, 6) is -0.473. The second-order valence-electron chi connectivity index (χ2n) is 4.92. The number of rotatable bonds is 3. The molecule has 1 saturated heterocycles. The van der Waals surface area contributed by atoms with E-state index in [4.69, 9.17) is 10.5 Å². The minimum absolute atomic E-state index is 0.298. The third-order valence-corrected chi connectivity index (χ3v) is 5.16. The molecule has 9 heteroatoms. The van der Waals surface area contributed by atoms with Gasteiger partial charge in [-0.1, -0.05) is 11.3 Å². The maximum Gasteiger partial charge on any atom is 0.350 e. The standard InChI is InChI=1S/C13H15FN4O2S2/c1-20-11(19)10-9(8-6-21-12(15)16-8)17-13(22-10)18-4-2-3-7(14)5-18/h6-7H,2-5H2,1H3,(H2,15,16)/t7-/m1/s1. The first-order valence-corrected chi connectivity index (χ1v) is 8.47. The summed E-state index contributed by atoms with van der Waals surface area (Å²) < 4.78 is 18.4. The summed E-state index contributed by atoms with van der Waals surface area (Å²) >= 11 is 2.48. The smallest absolute Gasteiger partial charge is 0.350 e. The zero-order chi connectivity index (χ0) is 15.7. The number of hydrogen-bond acceptors (Lipinski definition) is 8. The second-order valence-corrected chi connectivity index (χ2v) is 6.79. The molecular weight excluding hydrogens is 327 g/mol. The van der Waals surface area contributed by atoms with E-state index >= 15 is 0 Å². The molecule has 2 N–H and O–H groups in total. The molecular formula is C13H15FN4O2S2. The predicted octanol–water partition coefficient (Wildman–Crippen LogP) is 2.57. The van der Waals surface area contributed by atoms with E-state index in [1.165, 1.54) is 29.8 Å². The van der Waals surface area contributed by atoms with Gasteiger partial charge in [0.2, 0.25) is 0 Å². The fraction of sp³-hybridized carbons (Fsp3) is 0.462. The van der Waals surface area contributed by atoms with Crippen molar-refractivity contribution in [3.05, 3.63) is 10.3 Å². The van der Waals surface area contributed by atoms with Crippen molar-refractivity contribution in [3.63, 3.8) is 0 Å². The number of anilines is 2. The van der Waals surface area contributed by atoms with Gasteiger partial charge in [0.25, 0.3) is 0 Å². The lowest BCUT2D eigenvalue weighted by molar-refractivity contribution is 0.0607. The highest BCUT2D eigenvalue weighted by atomic mass is 32.1. The van der Waals surface area contributed by atoms with Gasteiger partial charge in [0.1, 0.15) is 22.4 Å². The summed E-state index contributed by atoms with van der Waals surface area (Å²) in [6, 6.07) is 0. The number of nitrogens with zero attached hydrogens (tertiary/aromatic N) is 3. The topological polar surface area (TPSA) is 81.3 Å². The van der Waals surface area contributed by atoms with Crippen LogP contribution in [0.25, 0.3) is 11.4 Å². The summed E-state index contributed by atoms with van der Waals surface area (Å²) in [5, 5.41) is 2.76. The zero-order valence-electron chi connectivity index (χ0n) is 11.9. The Labute approximate surface area is 134 Å². The number of hydrogen-bond donors (Lipinski definition) is 1. The monoisotopic (exact) mass is 342 g/mol. The minimum Gasteiger partial charge on any atom is -0.465 e. The number of esters is 1. The first-order valence-electron chi connectivity index (χ1n) is 6.78. The van der Waals surface area contributed by atoms with E-state index in [1.807, 2.05) is 4.90 Å². The van der Waals surface area contributed by atoms with Crippen LogP contribution in [0.1, 0.15) is 22.5 Å². The maximum absolute atomic E-state index is 13.6. The lowest BCUT2D eigenvalue weighted by Gasteiger charge is -2.28. The Morgan fingerprint density at radius 1 is 1.55 bits per heavy atom. The Bertz CT molecular complexity index is 687. The Morgan fingerprint density at radius 2 is 2.36 bits per heavy atom. The van der Waals surface area contributed by atoms with Crippen LogP contribution in [-0.2, 0) is 4.74 Å². The SMILES string of the molecule is COC(=O)c1sc(N2CCC[C@@H](F)C2)nc1-c1csc(N)n1. The van der Waals surface area contributed by atoms with Crippen molar-refractivity contribution in [3.8, 4) is 11.4 Å². The van der Waals surface area contributed by atoms with E-state index < -0.39 is 12.1 Å². The summed E-state index contributed by atoms with van der Waals surface area (Å²) in [5.41, 5.74) is 6.64. The van der Waals surface area contributed by atoms with Gasteiger partial charge in [0.15, 0.2) is 10.3 Å². The number of methoxy groups -OCH3 is 1. The molecule has 2 aromatic heterocycles. The van der Waals surface area contributed by atoms with Gasteiger partial charge in [0.05, 0.1) is 13.7 Å². The highest BCUT2D eigenvalue weighted by Crippen LogP contribution is 2.35. The third-order valence-electron chi connectivity index (χ3n) is 3.39. The van der Waals surface area contributed by atoms with Gasteiger partial charge in [-0.25, -0.2) is 19.2 Å². The summed E-state index contributed by atoms with van der Waals surface area (Å²) in [4.78, 5) is 22.9. The van der Waals surface area contributed by atoms with Crippen LogP contribution >= 0.6 is 22.7 Å². The molecule has 0 aromatic carbocycles. The molecule has 2 aromatic rings. The summed E-state index contributed by atoms with van der Waals surface area (Å²) in [7, 11) is 1.32. The van der Waals surface area contributed by atoms with Crippen LogP contribution < -0.4 is 10.6 Å². The predicted molar refractivity (Wildman–Crippen MR) is 85.3 cm³/mol. The van der Waals surface area contributed by atoms with Crippen LogP contribution in [-0.4, -0.2) is 42.3 Å². The van der Waals surface area contributed by atoms with Crippen LogP contribution in [0.3, 0.4) is 0 Å². The zero-order valence-corrected chi connectivity index (χ0v) is 13.5. The third kappa shape index (κ3) is 2.91. The molecule has 0 radical (unpaired) electrons. The van der Waals surface area contributed by atoms with E-state index in [9.17, 15) is 9.18 Å². The van der Waals surface area contributed by atoms with E-state index in [0.717, 1.165) is 13.0 Å². The molecule has 118 valence electrons. The molecule has 3 heterocycles. The molecule has 1 atom stereocenters. The van der Waals surface area contributed by atoms with Gasteiger partial charge in [-0.2, -0.15) is 0 Å². The summed E-state index contributed by atoms with van der Waals surface area (Å²) in [6.07, 6.45) is 0.478. The van der Waals surface area contributed by atoms with Crippen LogP contribution in [0.4, 0.5) is 14.7 Å². The molecule has 0 saturated carbocycles. The molecule has 0 spiro atoms. The first-order chi connectivity index (χ1) is 10.6. The van der Waals surface area contributed by atoms with Crippen molar-refractivity contribution in [2.45, 2.75) is 19.0 Å². The van der Waals surface area contributed by atoms with E-state index in [0.29, 0.717) is 39.5 Å². The number of carbonyl (C=O) groups excluding carboxylic acids is 1. The Morgan fingerprint density at radius 3 is 3.00 bits per heavy atom. The minimum atomic E-state index is -0.863. The first kappa shape index (κ1) is 15.2. The van der Waals surface area contributed by atoms with Crippen LogP contribution in [0.15, 0.2) is 5.38 Å². The molecule has 1 fully saturated rings. The normalized spacial score (nSPS) is 18.5. The van der Waals surface area contributed by atoms with Crippen molar-refractivity contribution in [2.24, 2.45) is 0 Å². The van der Waals surface area contributed by atoms with E-state index in [-0.39, 0.29) is 0 Å². The van der Waals surface area contributed by atoms with E-state index in [2.05, 4.69) is 9.97 Å². The van der Waals surface area contributed by atoms with Gasteiger partial charge >= 0.3 is 5.97 Å². The molecule has 0 amide bonds. The highest BCUT2D eigenvalue weighted by Gasteiger charge is 2.27. The quantitative estimate of drug-likeness (QED) is 0.864. The number of halogens is 1. The average Bonchev–Trinajstić information content (AvgIpc) is 3.12. The number of carbonyl (C=O) groups is 1. The molecule has 1 aliphatic heterocycles. The van der Waals surface area contributed by atoms with Crippen molar-refractivity contribution in [1.82, 2.24) is 9.97 Å². The molecule has 1 aliphatic rings. The highest BCUT2D eigenvalue weighted by molar-refractivity contribution is 7.18. The number of piperidine rings is 1. The Kier molecular flexibility index (Phi) is 4.25. The Hall–Kier alpha value is -1.74. The molecule has 0 unspecified atom stereocenters. The molecule has 0 aliphatic carbocycles. The second kappa shape index (κ2) is 6.17. The molecule has 3 rings (SSSR count). The fourth-order valence-electron chi connectivity index (χ4n) is 2.34. The van der Waals surface area contributed by atoms with Gasteiger partial charge in [-0.3, -0.25) is 0 Å².